The van der Waals surface area contributed by atoms with Gasteiger partial charge in [0.25, 0.3) is 0 Å². The third-order valence-electron chi connectivity index (χ3n) is 9.73. The third-order valence-corrected chi connectivity index (χ3v) is 9.73. The van der Waals surface area contributed by atoms with Crippen LogP contribution in [0.15, 0.2) is 97.1 Å². The Morgan fingerprint density at radius 2 is 0.929 bits per heavy atom. The van der Waals surface area contributed by atoms with Crippen molar-refractivity contribution in [1.29, 1.82) is 0 Å². The summed E-state index contributed by atoms with van der Waals surface area (Å²) in [6, 6.07) is 36.5. The molecular weight excluding hydrogens is 819 g/mol. The molecular formula is C51H58Cl2OSiZr-2. The molecule has 0 aliphatic rings. The van der Waals surface area contributed by atoms with Crippen molar-refractivity contribution >= 4 is 27.0 Å². The second-order valence-electron chi connectivity index (χ2n) is 16.8. The molecule has 0 aliphatic heterocycles. The van der Waals surface area contributed by atoms with E-state index < -0.39 is 0 Å². The summed E-state index contributed by atoms with van der Waals surface area (Å²) in [7, 11) is 1.79. The van der Waals surface area contributed by atoms with Crippen LogP contribution in [0.5, 0.6) is 5.75 Å². The van der Waals surface area contributed by atoms with Crippen molar-refractivity contribution in [2.75, 3.05) is 7.11 Å². The Morgan fingerprint density at radius 3 is 1.38 bits per heavy atom. The number of hydrogen-bond acceptors (Lipinski definition) is 1. The largest absolute Gasteiger partial charge is 1.00 e. The van der Waals surface area contributed by atoms with Crippen LogP contribution in [-0.4, -0.2) is 12.5 Å². The second kappa shape index (κ2) is 19.5. The molecule has 5 heteroatoms. The summed E-state index contributed by atoms with van der Waals surface area (Å²) in [5, 5.41) is 5.28. The number of benzene rings is 5. The Balaban J connectivity index is 0.000000266. The van der Waals surface area contributed by atoms with E-state index >= 15 is 0 Å². The predicted molar refractivity (Wildman–Crippen MR) is 236 cm³/mol. The van der Waals surface area contributed by atoms with Gasteiger partial charge < -0.3 is 29.6 Å². The van der Waals surface area contributed by atoms with Gasteiger partial charge >= 0.3 is 41.9 Å². The van der Waals surface area contributed by atoms with Crippen LogP contribution < -0.4 is 29.6 Å². The van der Waals surface area contributed by atoms with Gasteiger partial charge in [-0.15, -0.1) is 50.9 Å². The van der Waals surface area contributed by atoms with Gasteiger partial charge in [0.15, 0.2) is 0 Å². The first-order valence-corrected chi connectivity index (χ1v) is 25.3. The quantitative estimate of drug-likeness (QED) is 0.127. The van der Waals surface area contributed by atoms with Crippen molar-refractivity contribution in [2.24, 2.45) is 0 Å². The number of halogens is 2. The summed E-state index contributed by atoms with van der Waals surface area (Å²) < 4.78 is 5.95. The first-order valence-electron chi connectivity index (χ1n) is 19.1. The zero-order valence-corrected chi connectivity index (χ0v) is 40.9. The van der Waals surface area contributed by atoms with E-state index in [1.54, 1.807) is 30.4 Å². The van der Waals surface area contributed by atoms with Crippen molar-refractivity contribution in [1.82, 2.24) is 0 Å². The Bertz CT molecular complexity index is 2340. The average Bonchev–Trinajstić information content (AvgIpc) is 3.62. The fourth-order valence-electron chi connectivity index (χ4n) is 7.87. The van der Waals surface area contributed by atoms with Crippen LogP contribution in [0.2, 0.25) is 13.1 Å². The van der Waals surface area contributed by atoms with E-state index in [1.807, 2.05) is 0 Å². The minimum absolute atomic E-state index is 0. The van der Waals surface area contributed by atoms with Crippen LogP contribution in [0.25, 0.3) is 54.9 Å². The summed E-state index contributed by atoms with van der Waals surface area (Å²) in [6.45, 7) is 28.7. The first kappa shape index (κ1) is 47.2. The van der Waals surface area contributed by atoms with Gasteiger partial charge in [-0.2, -0.15) is 12.1 Å². The van der Waals surface area contributed by atoms with Crippen LogP contribution in [0, 0.1) is 55.4 Å². The summed E-state index contributed by atoms with van der Waals surface area (Å²) in [5.74, 6) is 1.01. The first-order chi connectivity index (χ1) is 25.3. The molecule has 0 aromatic heterocycles. The molecule has 0 saturated heterocycles. The molecule has 0 radical (unpaired) electrons. The molecule has 0 spiro atoms. The van der Waals surface area contributed by atoms with E-state index in [9.17, 15) is 0 Å². The molecule has 7 aromatic rings. The molecule has 0 saturated carbocycles. The molecule has 0 aliphatic carbocycles. The maximum atomic E-state index is 5.95. The molecule has 0 fully saturated rings. The van der Waals surface area contributed by atoms with Crippen LogP contribution in [0.1, 0.15) is 70.8 Å². The summed E-state index contributed by atoms with van der Waals surface area (Å²) in [4.78, 5) is 0. The minimum atomic E-state index is 0. The van der Waals surface area contributed by atoms with Gasteiger partial charge in [0.05, 0.1) is 7.11 Å². The van der Waals surface area contributed by atoms with Gasteiger partial charge in [-0.3, -0.25) is 0 Å². The van der Waals surface area contributed by atoms with Gasteiger partial charge in [-0.05, 0) is 69.2 Å². The molecule has 0 N–H and O–H groups in total. The maximum absolute atomic E-state index is 5.95. The minimum Gasteiger partial charge on any atom is -1.00 e. The summed E-state index contributed by atoms with van der Waals surface area (Å²) >= 11 is 1.74. The molecule has 56 heavy (non-hydrogen) atoms. The summed E-state index contributed by atoms with van der Waals surface area (Å²) in [6.07, 6.45) is 0. The Kier molecular flexibility index (Phi) is 16.4. The average molecular weight is 877 g/mol. The van der Waals surface area contributed by atoms with E-state index in [-0.39, 0.29) is 35.7 Å². The molecule has 7 rings (SSSR count). The van der Waals surface area contributed by atoms with Gasteiger partial charge in [-0.1, -0.05) is 151 Å². The fraction of sp³-hybridized carbons (Fsp3) is 0.294. The van der Waals surface area contributed by atoms with Crippen LogP contribution in [-0.2, 0) is 28.8 Å². The molecule has 0 atom stereocenters. The number of ether oxygens (including phenoxy) is 1. The number of fused-ring (bicyclic) bond motifs is 2. The second-order valence-corrected chi connectivity index (χ2v) is 26.1. The molecule has 292 valence electrons. The van der Waals surface area contributed by atoms with Crippen LogP contribution >= 0.6 is 0 Å². The monoisotopic (exact) mass is 874 g/mol. The smallest absolute Gasteiger partial charge is 0.0274 e. The SMILES string of the molecule is COc1c(C(C)(C)C)cc2[cH-]c(C)cc2c1-c1cc(C)cc(C)c1.C[Si](C)=[Zr+2].Cc1cc(C)cc(-c2ccc(-c3cc(C)cc(C)c3)c3[cH-]c(C)cc23)c1.[Cl-].[Cl-]. The fourth-order valence-corrected chi connectivity index (χ4v) is 7.87. The molecule has 1 nitrogen and oxygen atoms in total. The van der Waals surface area contributed by atoms with Gasteiger partial charge in [0.2, 0.25) is 0 Å². The normalized spacial score (nSPS) is 10.9. The molecule has 7 aromatic carbocycles. The Hall–Kier alpha value is -3.20. The van der Waals surface area contributed by atoms with Crippen molar-refractivity contribution in [3.63, 3.8) is 0 Å². The van der Waals surface area contributed by atoms with Crippen molar-refractivity contribution in [3.8, 4) is 39.1 Å². The van der Waals surface area contributed by atoms with E-state index in [0.717, 1.165) is 5.75 Å². The van der Waals surface area contributed by atoms with Gasteiger partial charge in [0, 0.05) is 0 Å². The van der Waals surface area contributed by atoms with E-state index in [4.69, 9.17) is 4.74 Å². The summed E-state index contributed by atoms with van der Waals surface area (Å²) in [5.41, 5.74) is 19.7. The zero-order chi connectivity index (χ0) is 39.6. The maximum Gasteiger partial charge on any atom is -0.0274 e. The van der Waals surface area contributed by atoms with E-state index in [2.05, 4.69) is 186 Å². The number of aryl methyl sites for hydroxylation is 8. The number of rotatable bonds is 4. The number of hydrogen-bond donors (Lipinski definition) is 0. The van der Waals surface area contributed by atoms with Crippen molar-refractivity contribution in [2.45, 2.75) is 94.7 Å². The van der Waals surface area contributed by atoms with Gasteiger partial charge in [-0.25, -0.2) is 0 Å². The topological polar surface area (TPSA) is 9.23 Å². The zero-order valence-electron chi connectivity index (χ0n) is 35.9. The van der Waals surface area contributed by atoms with E-state index in [0.29, 0.717) is 0 Å². The number of methoxy groups -OCH3 is 1. The van der Waals surface area contributed by atoms with Crippen molar-refractivity contribution < 1.29 is 52.9 Å². The van der Waals surface area contributed by atoms with Crippen LogP contribution in [0.4, 0.5) is 0 Å². The standard InChI is InChI=1S/C26H25.C23H27O.C2H6Si.2ClH.Zr/c1-16-8-17(2)11-21(10-16)23-6-7-24(26-15-20(5)14-25(23)26)22-12-18(3)9-19(4)13-22;1-14-8-15(2)11-18(10-14)21-19-12-16(3)9-17(19)13-20(22(21)24-7)23(4,5)6;1-3-2;;;/h6-15H,1-5H3;8-13H,1-7H3;1-2H3;2*1H;/q2*-1;;;;+2/p-2. The van der Waals surface area contributed by atoms with E-state index in [1.165, 1.54) is 105 Å². The molecule has 0 unspecified atom stereocenters. The molecule has 0 bridgehead atoms. The third kappa shape index (κ3) is 11.3. The van der Waals surface area contributed by atoms with Crippen LogP contribution in [0.3, 0.4) is 0 Å². The Labute approximate surface area is 365 Å². The Morgan fingerprint density at radius 1 is 0.536 bits per heavy atom. The van der Waals surface area contributed by atoms with Gasteiger partial charge in [0.1, 0.15) is 5.75 Å². The molecule has 0 heterocycles. The molecule has 0 amide bonds. The predicted octanol–water partition coefficient (Wildman–Crippen LogP) is 8.68. The van der Waals surface area contributed by atoms with Crippen molar-refractivity contribution in [3.05, 3.63) is 147 Å².